The first-order chi connectivity index (χ1) is 8.36. The largest absolute Gasteiger partial charge is 0.347 e. The summed E-state index contributed by atoms with van der Waals surface area (Å²) in [6.45, 7) is 6.82. The molecule has 0 aliphatic carbocycles. The summed E-state index contributed by atoms with van der Waals surface area (Å²) in [5.41, 5.74) is 5.21. The van der Waals surface area contributed by atoms with Gasteiger partial charge in [-0.15, -0.1) is 0 Å². The highest BCUT2D eigenvalue weighted by molar-refractivity contribution is 5.87. The van der Waals surface area contributed by atoms with Crippen molar-refractivity contribution >= 4 is 11.8 Å². The molecule has 0 aromatic carbocycles. The van der Waals surface area contributed by atoms with Gasteiger partial charge in [0.2, 0.25) is 11.8 Å². The van der Waals surface area contributed by atoms with E-state index in [1.54, 1.807) is 0 Å². The zero-order chi connectivity index (χ0) is 13.8. The van der Waals surface area contributed by atoms with Crippen LogP contribution in [-0.2, 0) is 9.59 Å². The maximum Gasteiger partial charge on any atom is 0.242 e. The van der Waals surface area contributed by atoms with Crippen LogP contribution in [0.15, 0.2) is 0 Å². The SMILES string of the molecule is CC(C)(C)C(=O)NCC(=O)N1CCCCC1CN. The molecule has 3 N–H and O–H groups in total. The Balaban J connectivity index is 2.47. The summed E-state index contributed by atoms with van der Waals surface area (Å²) in [7, 11) is 0. The molecule has 1 rings (SSSR count). The van der Waals surface area contributed by atoms with Gasteiger partial charge < -0.3 is 16.0 Å². The van der Waals surface area contributed by atoms with Crippen molar-refractivity contribution in [1.29, 1.82) is 0 Å². The molecule has 0 aromatic heterocycles. The van der Waals surface area contributed by atoms with Gasteiger partial charge in [0, 0.05) is 24.5 Å². The predicted octanol–water partition coefficient (Wildman–Crippen LogP) is 0.489. The van der Waals surface area contributed by atoms with E-state index in [2.05, 4.69) is 5.32 Å². The highest BCUT2D eigenvalue weighted by Gasteiger charge is 2.27. The quantitative estimate of drug-likeness (QED) is 0.770. The Bertz CT molecular complexity index is 310. The maximum atomic E-state index is 12.1. The highest BCUT2D eigenvalue weighted by Crippen LogP contribution is 2.16. The summed E-state index contributed by atoms with van der Waals surface area (Å²) in [6, 6.07) is 0.137. The lowest BCUT2D eigenvalue weighted by Crippen LogP contribution is -2.51. The number of nitrogens with two attached hydrogens (primary N) is 1. The van der Waals surface area contributed by atoms with Crippen molar-refractivity contribution < 1.29 is 9.59 Å². The maximum absolute atomic E-state index is 12.1. The molecule has 1 atom stereocenters. The second-order valence-corrected chi connectivity index (χ2v) is 5.91. The van der Waals surface area contributed by atoms with Crippen molar-refractivity contribution in [3.8, 4) is 0 Å². The molecule has 18 heavy (non-hydrogen) atoms. The van der Waals surface area contributed by atoms with Gasteiger partial charge in [0.05, 0.1) is 6.54 Å². The number of nitrogens with zero attached hydrogens (tertiary/aromatic N) is 1. The number of rotatable bonds is 3. The summed E-state index contributed by atoms with van der Waals surface area (Å²) in [6.07, 6.45) is 3.12. The molecule has 1 aliphatic heterocycles. The smallest absolute Gasteiger partial charge is 0.242 e. The number of nitrogens with one attached hydrogen (secondary N) is 1. The summed E-state index contributed by atoms with van der Waals surface area (Å²) >= 11 is 0. The lowest BCUT2D eigenvalue weighted by Gasteiger charge is -2.35. The van der Waals surface area contributed by atoms with Crippen LogP contribution in [0.4, 0.5) is 0 Å². The van der Waals surface area contributed by atoms with Gasteiger partial charge in [0.15, 0.2) is 0 Å². The molecule has 1 heterocycles. The van der Waals surface area contributed by atoms with Crippen LogP contribution in [0.5, 0.6) is 0 Å². The first-order valence-corrected chi connectivity index (χ1v) is 6.64. The Morgan fingerprint density at radius 3 is 2.56 bits per heavy atom. The molecule has 0 bridgehead atoms. The van der Waals surface area contributed by atoms with Crippen LogP contribution >= 0.6 is 0 Å². The molecule has 1 unspecified atom stereocenters. The number of carbonyl (C=O) groups excluding carboxylic acids is 2. The van der Waals surface area contributed by atoms with Crippen molar-refractivity contribution in [1.82, 2.24) is 10.2 Å². The van der Waals surface area contributed by atoms with Crippen LogP contribution in [0.1, 0.15) is 40.0 Å². The van der Waals surface area contributed by atoms with E-state index in [1.807, 2.05) is 25.7 Å². The third-order valence-corrected chi connectivity index (χ3v) is 3.30. The zero-order valence-electron chi connectivity index (χ0n) is 11.7. The molecular formula is C13H25N3O2. The fraction of sp³-hybridized carbons (Fsp3) is 0.846. The van der Waals surface area contributed by atoms with Gasteiger partial charge in [-0.05, 0) is 19.3 Å². The predicted molar refractivity (Wildman–Crippen MR) is 70.9 cm³/mol. The summed E-state index contributed by atoms with van der Waals surface area (Å²) in [5, 5.41) is 2.69. The van der Waals surface area contributed by atoms with E-state index in [9.17, 15) is 9.59 Å². The molecule has 0 aromatic rings. The van der Waals surface area contributed by atoms with Crippen molar-refractivity contribution in [3.63, 3.8) is 0 Å². The Labute approximate surface area is 109 Å². The Morgan fingerprint density at radius 1 is 1.33 bits per heavy atom. The molecule has 0 radical (unpaired) electrons. The molecule has 1 saturated heterocycles. The standard InChI is InChI=1S/C13H25N3O2/c1-13(2,3)12(18)15-9-11(17)16-7-5-4-6-10(16)8-14/h10H,4-9,14H2,1-3H3,(H,15,18). The van der Waals surface area contributed by atoms with Crippen LogP contribution < -0.4 is 11.1 Å². The van der Waals surface area contributed by atoms with Crippen LogP contribution in [-0.4, -0.2) is 42.4 Å². The monoisotopic (exact) mass is 255 g/mol. The van der Waals surface area contributed by atoms with E-state index >= 15 is 0 Å². The third kappa shape index (κ3) is 3.98. The zero-order valence-corrected chi connectivity index (χ0v) is 11.7. The van der Waals surface area contributed by atoms with Crippen LogP contribution in [0, 0.1) is 5.41 Å². The molecule has 1 aliphatic rings. The first-order valence-electron chi connectivity index (χ1n) is 6.64. The third-order valence-electron chi connectivity index (χ3n) is 3.30. The molecular weight excluding hydrogens is 230 g/mol. The average molecular weight is 255 g/mol. The van der Waals surface area contributed by atoms with E-state index < -0.39 is 5.41 Å². The van der Waals surface area contributed by atoms with Crippen molar-refractivity contribution in [2.24, 2.45) is 11.1 Å². The molecule has 5 heteroatoms. The van der Waals surface area contributed by atoms with E-state index in [0.717, 1.165) is 25.8 Å². The van der Waals surface area contributed by atoms with Crippen LogP contribution in [0.3, 0.4) is 0 Å². The number of amides is 2. The van der Waals surface area contributed by atoms with Gasteiger partial charge in [-0.1, -0.05) is 20.8 Å². The van der Waals surface area contributed by atoms with Gasteiger partial charge in [0.25, 0.3) is 0 Å². The van der Waals surface area contributed by atoms with Gasteiger partial charge in [-0.2, -0.15) is 0 Å². The molecule has 0 saturated carbocycles. The second kappa shape index (κ2) is 6.18. The Hall–Kier alpha value is -1.10. The fourth-order valence-corrected chi connectivity index (χ4v) is 2.10. The van der Waals surface area contributed by atoms with Crippen molar-refractivity contribution in [2.45, 2.75) is 46.1 Å². The second-order valence-electron chi connectivity index (χ2n) is 5.91. The minimum Gasteiger partial charge on any atom is -0.347 e. The van der Waals surface area contributed by atoms with E-state index in [0.29, 0.717) is 6.54 Å². The van der Waals surface area contributed by atoms with Gasteiger partial charge in [0.1, 0.15) is 0 Å². The van der Waals surface area contributed by atoms with Crippen molar-refractivity contribution in [3.05, 3.63) is 0 Å². The summed E-state index contributed by atoms with van der Waals surface area (Å²) in [4.78, 5) is 25.6. The number of hydrogen-bond donors (Lipinski definition) is 2. The van der Waals surface area contributed by atoms with E-state index in [1.165, 1.54) is 0 Å². The fourth-order valence-electron chi connectivity index (χ4n) is 2.10. The Morgan fingerprint density at radius 2 is 2.00 bits per heavy atom. The van der Waals surface area contributed by atoms with E-state index in [-0.39, 0.29) is 24.4 Å². The average Bonchev–Trinajstić information content (AvgIpc) is 2.34. The summed E-state index contributed by atoms with van der Waals surface area (Å²) < 4.78 is 0. The van der Waals surface area contributed by atoms with Gasteiger partial charge in [-0.3, -0.25) is 9.59 Å². The summed E-state index contributed by atoms with van der Waals surface area (Å²) in [5.74, 6) is -0.125. The topological polar surface area (TPSA) is 75.4 Å². The molecule has 104 valence electrons. The highest BCUT2D eigenvalue weighted by atomic mass is 16.2. The van der Waals surface area contributed by atoms with Gasteiger partial charge >= 0.3 is 0 Å². The van der Waals surface area contributed by atoms with Crippen molar-refractivity contribution in [2.75, 3.05) is 19.6 Å². The lowest BCUT2D eigenvalue weighted by atomic mass is 9.96. The number of hydrogen-bond acceptors (Lipinski definition) is 3. The number of likely N-dealkylation sites (tertiary alicyclic amines) is 1. The molecule has 0 spiro atoms. The normalized spacial score (nSPS) is 20.7. The Kier molecular flexibility index (Phi) is 5.14. The molecule has 2 amide bonds. The van der Waals surface area contributed by atoms with Crippen LogP contribution in [0.2, 0.25) is 0 Å². The first kappa shape index (κ1) is 15.0. The molecule has 5 nitrogen and oxygen atoms in total. The van der Waals surface area contributed by atoms with Crippen LogP contribution in [0.25, 0.3) is 0 Å². The van der Waals surface area contributed by atoms with Gasteiger partial charge in [-0.25, -0.2) is 0 Å². The van der Waals surface area contributed by atoms with E-state index in [4.69, 9.17) is 5.73 Å². The number of carbonyl (C=O) groups is 2. The molecule has 1 fully saturated rings. The number of piperidine rings is 1. The lowest BCUT2D eigenvalue weighted by molar-refractivity contribution is -0.137. The minimum absolute atomic E-state index is 0.0252. The minimum atomic E-state index is -0.463.